The van der Waals surface area contributed by atoms with Crippen molar-refractivity contribution in [3.63, 3.8) is 0 Å². The minimum absolute atomic E-state index is 0.0530. The van der Waals surface area contributed by atoms with Gasteiger partial charge in [0.05, 0.1) is 12.3 Å². The Morgan fingerprint density at radius 2 is 2.18 bits per heavy atom. The van der Waals surface area contributed by atoms with Crippen molar-refractivity contribution in [2.24, 2.45) is 5.73 Å². The van der Waals surface area contributed by atoms with Gasteiger partial charge >= 0.3 is 0 Å². The zero-order chi connectivity index (χ0) is 20.3. The van der Waals surface area contributed by atoms with Gasteiger partial charge in [-0.2, -0.15) is 5.10 Å². The molecule has 146 valence electrons. The number of nitrogens with two attached hydrogens (primary N) is 2. The highest BCUT2D eigenvalue weighted by Crippen LogP contribution is 2.32. The van der Waals surface area contributed by atoms with Crippen LogP contribution in [-0.4, -0.2) is 32.3 Å². The normalized spacial score (nSPS) is 10.9. The molecule has 0 bridgehead atoms. The number of rotatable bonds is 7. The van der Waals surface area contributed by atoms with Crippen molar-refractivity contribution in [3.8, 4) is 0 Å². The number of anilines is 2. The summed E-state index contributed by atoms with van der Waals surface area (Å²) in [6, 6.07) is 3.63. The first-order valence-corrected chi connectivity index (χ1v) is 9.19. The van der Waals surface area contributed by atoms with Gasteiger partial charge in [0.2, 0.25) is 0 Å². The summed E-state index contributed by atoms with van der Waals surface area (Å²) in [4.78, 5) is 20.5. The number of aryl methyl sites for hydroxylation is 2. The molecule has 0 aliphatic carbocycles. The van der Waals surface area contributed by atoms with Crippen molar-refractivity contribution in [2.75, 3.05) is 24.1 Å². The van der Waals surface area contributed by atoms with E-state index in [-0.39, 0.29) is 17.1 Å². The summed E-state index contributed by atoms with van der Waals surface area (Å²) in [5.41, 5.74) is 15.1. The Balaban J connectivity index is 1.88. The molecule has 0 spiro atoms. The van der Waals surface area contributed by atoms with E-state index in [1.807, 2.05) is 19.9 Å². The molecule has 0 radical (unpaired) electrons. The Morgan fingerprint density at radius 1 is 1.39 bits per heavy atom. The van der Waals surface area contributed by atoms with Crippen molar-refractivity contribution in [1.82, 2.24) is 19.2 Å². The highest BCUT2D eigenvalue weighted by molar-refractivity contribution is 5.80. The van der Waals surface area contributed by atoms with Gasteiger partial charge in [0.15, 0.2) is 5.65 Å². The molecule has 3 aromatic heterocycles. The van der Waals surface area contributed by atoms with Crippen LogP contribution in [0.25, 0.3) is 10.5 Å². The summed E-state index contributed by atoms with van der Waals surface area (Å²) >= 11 is 0. The standard InChI is InChI=1S/C19H24N8O/c1-4-14-12(2)25-27-16(21)15(22-3)17(24-18(14)27)23-9-7-13-6-5-10-26(11-8-20)19(13)28/h5-6,10H,4,7-9,11,20-21H2,1-2H3,(H,23,24). The summed E-state index contributed by atoms with van der Waals surface area (Å²) in [7, 11) is 0. The van der Waals surface area contributed by atoms with Crippen LogP contribution in [0.3, 0.4) is 0 Å². The fourth-order valence-electron chi connectivity index (χ4n) is 3.27. The van der Waals surface area contributed by atoms with Gasteiger partial charge < -0.3 is 21.4 Å². The van der Waals surface area contributed by atoms with Gasteiger partial charge in [0, 0.05) is 37.0 Å². The fraction of sp³-hybridized carbons (Fsp3) is 0.368. The number of nitrogens with zero attached hydrogens (tertiary/aromatic N) is 5. The fourth-order valence-corrected chi connectivity index (χ4v) is 3.27. The molecule has 0 saturated carbocycles. The average Bonchev–Trinajstić information content (AvgIpc) is 3.00. The van der Waals surface area contributed by atoms with E-state index in [9.17, 15) is 4.79 Å². The lowest BCUT2D eigenvalue weighted by atomic mass is 10.2. The number of hydrogen-bond acceptors (Lipinski definition) is 6. The Hall–Kier alpha value is -3.38. The van der Waals surface area contributed by atoms with Crippen LogP contribution in [0.1, 0.15) is 23.7 Å². The summed E-state index contributed by atoms with van der Waals surface area (Å²) in [5.74, 6) is 0.670. The maximum absolute atomic E-state index is 12.4. The second-order valence-electron chi connectivity index (χ2n) is 6.46. The van der Waals surface area contributed by atoms with E-state index in [0.717, 1.165) is 17.7 Å². The SMILES string of the molecule is [C-]#[N+]c1c(NCCc2cccn(CCN)c2=O)nc2c(CC)c(C)nn2c1N. The topological polar surface area (TPSA) is 121 Å². The number of hydrogen-bond donors (Lipinski definition) is 3. The van der Waals surface area contributed by atoms with Crippen LogP contribution in [0.5, 0.6) is 0 Å². The van der Waals surface area contributed by atoms with Crippen LogP contribution >= 0.6 is 0 Å². The van der Waals surface area contributed by atoms with Gasteiger partial charge in [-0.1, -0.05) is 13.0 Å². The predicted octanol–water partition coefficient (Wildman–Crippen LogP) is 1.51. The van der Waals surface area contributed by atoms with E-state index in [2.05, 4.69) is 20.2 Å². The number of fused-ring (bicyclic) bond motifs is 1. The third-order valence-electron chi connectivity index (χ3n) is 4.69. The molecule has 0 amide bonds. The zero-order valence-corrected chi connectivity index (χ0v) is 16.1. The van der Waals surface area contributed by atoms with Crippen LogP contribution in [-0.2, 0) is 19.4 Å². The number of nitrogens with one attached hydrogen (secondary N) is 1. The Bertz CT molecular complexity index is 1110. The molecule has 9 heteroatoms. The molecule has 9 nitrogen and oxygen atoms in total. The minimum atomic E-state index is -0.0530. The average molecular weight is 380 g/mol. The van der Waals surface area contributed by atoms with Gasteiger partial charge in [-0.05, 0) is 25.8 Å². The van der Waals surface area contributed by atoms with Crippen molar-refractivity contribution in [1.29, 1.82) is 0 Å². The van der Waals surface area contributed by atoms with E-state index in [1.54, 1.807) is 16.8 Å². The molecule has 3 aromatic rings. The molecule has 3 heterocycles. The van der Waals surface area contributed by atoms with Crippen LogP contribution in [0.4, 0.5) is 17.3 Å². The van der Waals surface area contributed by atoms with E-state index in [1.165, 1.54) is 4.52 Å². The molecule has 0 aliphatic heterocycles. The predicted molar refractivity (Wildman–Crippen MR) is 110 cm³/mol. The van der Waals surface area contributed by atoms with Gasteiger partial charge in [0.25, 0.3) is 11.2 Å². The smallest absolute Gasteiger partial charge is 0.268 e. The summed E-state index contributed by atoms with van der Waals surface area (Å²) in [5, 5.41) is 7.57. The van der Waals surface area contributed by atoms with Crippen LogP contribution in [0, 0.1) is 13.5 Å². The van der Waals surface area contributed by atoms with Gasteiger partial charge in [-0.25, -0.2) is 14.3 Å². The molecular weight excluding hydrogens is 356 g/mol. The summed E-state index contributed by atoms with van der Waals surface area (Å²) < 4.78 is 3.13. The molecule has 0 aromatic carbocycles. The van der Waals surface area contributed by atoms with Gasteiger partial charge in [0.1, 0.15) is 11.6 Å². The Labute approximate surface area is 162 Å². The second-order valence-corrected chi connectivity index (χ2v) is 6.46. The van der Waals surface area contributed by atoms with Crippen molar-refractivity contribution < 1.29 is 0 Å². The quantitative estimate of drug-likeness (QED) is 0.534. The molecule has 0 unspecified atom stereocenters. The lowest BCUT2D eigenvalue weighted by Crippen LogP contribution is -2.27. The lowest BCUT2D eigenvalue weighted by molar-refractivity contribution is 0.672. The Morgan fingerprint density at radius 3 is 2.86 bits per heavy atom. The van der Waals surface area contributed by atoms with E-state index in [4.69, 9.17) is 18.0 Å². The third kappa shape index (κ3) is 3.42. The molecule has 0 saturated heterocycles. The van der Waals surface area contributed by atoms with E-state index < -0.39 is 0 Å². The maximum atomic E-state index is 12.4. The van der Waals surface area contributed by atoms with Crippen molar-refractivity contribution in [2.45, 2.75) is 33.2 Å². The van der Waals surface area contributed by atoms with Gasteiger partial charge in [-0.15, -0.1) is 0 Å². The van der Waals surface area contributed by atoms with Crippen molar-refractivity contribution >= 4 is 23.0 Å². The molecular formula is C19H24N8O. The molecule has 0 fully saturated rings. The third-order valence-corrected chi connectivity index (χ3v) is 4.69. The molecule has 0 atom stereocenters. The zero-order valence-electron chi connectivity index (χ0n) is 16.1. The molecule has 28 heavy (non-hydrogen) atoms. The highest BCUT2D eigenvalue weighted by Gasteiger charge is 2.18. The first-order chi connectivity index (χ1) is 13.5. The van der Waals surface area contributed by atoms with E-state index in [0.29, 0.717) is 43.1 Å². The van der Waals surface area contributed by atoms with Crippen LogP contribution in [0.15, 0.2) is 23.1 Å². The maximum Gasteiger partial charge on any atom is 0.268 e. The molecule has 5 N–H and O–H groups in total. The molecule has 0 aliphatic rings. The summed E-state index contributed by atoms with van der Waals surface area (Å²) in [6.45, 7) is 12.7. The number of pyridine rings is 1. The first kappa shape index (κ1) is 19.4. The van der Waals surface area contributed by atoms with E-state index >= 15 is 0 Å². The van der Waals surface area contributed by atoms with Crippen LogP contribution < -0.4 is 22.3 Å². The van der Waals surface area contributed by atoms with Crippen molar-refractivity contribution in [3.05, 3.63) is 56.9 Å². The first-order valence-electron chi connectivity index (χ1n) is 9.19. The Kier molecular flexibility index (Phi) is 5.61. The van der Waals surface area contributed by atoms with Gasteiger partial charge in [-0.3, -0.25) is 4.79 Å². The van der Waals surface area contributed by atoms with Crippen LogP contribution in [0.2, 0.25) is 0 Å². The summed E-state index contributed by atoms with van der Waals surface area (Å²) in [6.07, 6.45) is 2.99. The lowest BCUT2D eigenvalue weighted by Gasteiger charge is -2.11. The highest BCUT2D eigenvalue weighted by atomic mass is 16.1. The second kappa shape index (κ2) is 8.10. The number of aromatic nitrogens is 4. The monoisotopic (exact) mass is 380 g/mol. The molecule has 3 rings (SSSR count). The largest absolute Gasteiger partial charge is 0.392 e. The number of nitrogen functional groups attached to an aromatic ring is 1. The minimum Gasteiger partial charge on any atom is -0.392 e.